The molecule has 2 heterocycles. The van der Waals surface area contributed by atoms with Gasteiger partial charge in [-0.3, -0.25) is 4.90 Å². The van der Waals surface area contributed by atoms with Crippen LogP contribution in [0.5, 0.6) is 11.5 Å². The Bertz CT molecular complexity index is 921. The Morgan fingerprint density at radius 2 is 1.70 bits per heavy atom. The minimum Gasteiger partial charge on any atom is -0.454 e. The minimum absolute atomic E-state index is 0.0713. The predicted octanol–water partition coefficient (Wildman–Crippen LogP) is 2.37. The number of piperazine rings is 1. The molecule has 1 fully saturated rings. The molecule has 6 nitrogen and oxygen atoms in total. The van der Waals surface area contributed by atoms with Gasteiger partial charge in [-0.2, -0.15) is 4.31 Å². The number of hydrogen-bond acceptors (Lipinski definition) is 5. The Hall–Kier alpha value is -2.09. The minimum atomic E-state index is -3.29. The first-order valence-corrected chi connectivity index (χ1v) is 10.8. The van der Waals surface area contributed by atoms with Crippen LogP contribution in [0.4, 0.5) is 0 Å². The van der Waals surface area contributed by atoms with E-state index >= 15 is 0 Å². The maximum absolute atomic E-state index is 12.8. The van der Waals surface area contributed by atoms with Gasteiger partial charge in [-0.25, -0.2) is 8.42 Å². The van der Waals surface area contributed by atoms with E-state index in [1.54, 1.807) is 4.31 Å². The Labute approximate surface area is 160 Å². The summed E-state index contributed by atoms with van der Waals surface area (Å²) in [5, 5.41) is 0. The zero-order chi connectivity index (χ0) is 18.9. The number of benzene rings is 2. The first kappa shape index (κ1) is 18.3. The van der Waals surface area contributed by atoms with E-state index in [0.29, 0.717) is 13.1 Å². The van der Waals surface area contributed by atoms with Crippen molar-refractivity contribution in [2.45, 2.75) is 19.2 Å². The Kier molecular flexibility index (Phi) is 5.08. The lowest BCUT2D eigenvalue weighted by atomic mass is 10.1. The van der Waals surface area contributed by atoms with Crippen molar-refractivity contribution in [3.8, 4) is 11.5 Å². The van der Waals surface area contributed by atoms with Crippen LogP contribution in [0.15, 0.2) is 42.5 Å². The molecule has 27 heavy (non-hydrogen) atoms. The number of ether oxygens (including phenoxy) is 2. The van der Waals surface area contributed by atoms with Crippen LogP contribution in [-0.4, -0.2) is 50.6 Å². The highest BCUT2D eigenvalue weighted by Crippen LogP contribution is 2.32. The maximum Gasteiger partial charge on any atom is 0.231 e. The molecule has 144 valence electrons. The van der Waals surface area contributed by atoms with E-state index in [1.807, 2.05) is 49.4 Å². The number of rotatable bonds is 5. The van der Waals surface area contributed by atoms with Gasteiger partial charge in [0.25, 0.3) is 0 Å². The number of sulfonamides is 1. The van der Waals surface area contributed by atoms with Gasteiger partial charge >= 0.3 is 0 Å². The third-order valence-electron chi connectivity index (χ3n) is 5.17. The summed E-state index contributed by atoms with van der Waals surface area (Å²) in [6.07, 6.45) is 0. The molecule has 7 heteroatoms. The molecule has 0 atom stereocenters. The fraction of sp³-hybridized carbons (Fsp3) is 0.400. The van der Waals surface area contributed by atoms with Crippen LogP contribution in [-0.2, 0) is 22.3 Å². The SMILES string of the molecule is Cc1ccccc1CS(=O)(=O)N1CCN(Cc2ccc3c(c2)OCO3)CC1. The monoisotopic (exact) mass is 388 g/mol. The van der Waals surface area contributed by atoms with Crippen molar-refractivity contribution in [2.75, 3.05) is 33.0 Å². The van der Waals surface area contributed by atoms with Crippen LogP contribution < -0.4 is 9.47 Å². The standard InChI is InChI=1S/C20H24N2O4S/c1-16-4-2-3-5-18(16)14-27(23,24)22-10-8-21(9-11-22)13-17-6-7-19-20(12-17)26-15-25-19/h2-7,12H,8-11,13-15H2,1H3. The number of nitrogens with zero attached hydrogens (tertiary/aromatic N) is 2. The van der Waals surface area contributed by atoms with Gasteiger partial charge in [-0.05, 0) is 35.7 Å². The highest BCUT2D eigenvalue weighted by Gasteiger charge is 2.27. The maximum atomic E-state index is 12.8. The van der Waals surface area contributed by atoms with Crippen molar-refractivity contribution < 1.29 is 17.9 Å². The summed E-state index contributed by atoms with van der Waals surface area (Å²) in [5.74, 6) is 1.64. The van der Waals surface area contributed by atoms with Gasteiger partial charge in [0, 0.05) is 32.7 Å². The molecule has 0 N–H and O–H groups in total. The third-order valence-corrected chi connectivity index (χ3v) is 6.99. The van der Waals surface area contributed by atoms with Crippen LogP contribution in [0.1, 0.15) is 16.7 Å². The average molecular weight is 388 g/mol. The predicted molar refractivity (Wildman–Crippen MR) is 103 cm³/mol. The number of fused-ring (bicyclic) bond motifs is 1. The number of hydrogen-bond donors (Lipinski definition) is 0. The first-order valence-electron chi connectivity index (χ1n) is 9.14. The van der Waals surface area contributed by atoms with Gasteiger partial charge in [-0.15, -0.1) is 0 Å². The summed E-state index contributed by atoms with van der Waals surface area (Å²) < 4.78 is 37.9. The quantitative estimate of drug-likeness (QED) is 0.787. The topological polar surface area (TPSA) is 59.1 Å². The van der Waals surface area contributed by atoms with Gasteiger partial charge in [0.05, 0.1) is 5.75 Å². The molecule has 0 radical (unpaired) electrons. The highest BCUT2D eigenvalue weighted by molar-refractivity contribution is 7.88. The second-order valence-corrected chi connectivity index (χ2v) is 9.01. The summed E-state index contributed by atoms with van der Waals surface area (Å²) in [6, 6.07) is 13.6. The van der Waals surface area contributed by atoms with Gasteiger partial charge in [0.1, 0.15) is 0 Å². The summed E-state index contributed by atoms with van der Waals surface area (Å²) >= 11 is 0. The Morgan fingerprint density at radius 1 is 0.963 bits per heavy atom. The highest BCUT2D eigenvalue weighted by atomic mass is 32.2. The molecule has 0 amide bonds. The van der Waals surface area contributed by atoms with Gasteiger partial charge in [0.2, 0.25) is 16.8 Å². The second-order valence-electron chi connectivity index (χ2n) is 7.05. The molecule has 0 bridgehead atoms. The van der Waals surface area contributed by atoms with E-state index in [-0.39, 0.29) is 12.5 Å². The van der Waals surface area contributed by atoms with E-state index < -0.39 is 10.0 Å². The molecule has 0 unspecified atom stereocenters. The van der Waals surface area contributed by atoms with Crippen LogP contribution in [0, 0.1) is 6.92 Å². The molecule has 2 aromatic carbocycles. The molecule has 2 aliphatic rings. The summed E-state index contributed by atoms with van der Waals surface area (Å²) in [5.41, 5.74) is 3.04. The average Bonchev–Trinajstić information content (AvgIpc) is 3.12. The number of aryl methyl sites for hydroxylation is 1. The zero-order valence-corrected chi connectivity index (χ0v) is 16.2. The molecule has 0 aliphatic carbocycles. The normalized spacial score (nSPS) is 18.0. The fourth-order valence-corrected chi connectivity index (χ4v) is 5.14. The van der Waals surface area contributed by atoms with E-state index in [9.17, 15) is 8.42 Å². The zero-order valence-electron chi connectivity index (χ0n) is 15.4. The third kappa shape index (κ3) is 4.10. The summed E-state index contributed by atoms with van der Waals surface area (Å²) in [7, 11) is -3.29. The van der Waals surface area contributed by atoms with E-state index in [2.05, 4.69) is 4.90 Å². The smallest absolute Gasteiger partial charge is 0.231 e. The second kappa shape index (κ2) is 7.50. The van der Waals surface area contributed by atoms with Crippen LogP contribution in [0.2, 0.25) is 0 Å². The van der Waals surface area contributed by atoms with Crippen molar-refractivity contribution in [1.29, 1.82) is 0 Å². The van der Waals surface area contributed by atoms with E-state index in [4.69, 9.17) is 9.47 Å². The lowest BCUT2D eigenvalue weighted by Gasteiger charge is -2.34. The molecule has 2 aliphatic heterocycles. The lowest BCUT2D eigenvalue weighted by molar-refractivity contribution is 0.173. The van der Waals surface area contributed by atoms with Crippen molar-refractivity contribution in [3.05, 3.63) is 59.2 Å². The van der Waals surface area contributed by atoms with E-state index in [0.717, 1.165) is 47.8 Å². The van der Waals surface area contributed by atoms with Gasteiger partial charge < -0.3 is 9.47 Å². The van der Waals surface area contributed by atoms with Crippen molar-refractivity contribution in [3.63, 3.8) is 0 Å². The van der Waals surface area contributed by atoms with Crippen molar-refractivity contribution >= 4 is 10.0 Å². The molecule has 0 saturated carbocycles. The molecule has 4 rings (SSSR count). The summed E-state index contributed by atoms with van der Waals surface area (Å²) in [4.78, 5) is 2.28. The Morgan fingerprint density at radius 3 is 2.48 bits per heavy atom. The molecular formula is C20H24N2O4S. The fourth-order valence-electron chi connectivity index (χ4n) is 3.52. The molecule has 2 aromatic rings. The molecule has 1 saturated heterocycles. The lowest BCUT2D eigenvalue weighted by Crippen LogP contribution is -2.48. The van der Waals surface area contributed by atoms with Crippen LogP contribution >= 0.6 is 0 Å². The molecule has 0 spiro atoms. The van der Waals surface area contributed by atoms with Crippen molar-refractivity contribution in [2.24, 2.45) is 0 Å². The van der Waals surface area contributed by atoms with Crippen molar-refractivity contribution in [1.82, 2.24) is 9.21 Å². The molecule has 0 aromatic heterocycles. The summed E-state index contributed by atoms with van der Waals surface area (Å²) in [6.45, 7) is 5.51. The van der Waals surface area contributed by atoms with E-state index in [1.165, 1.54) is 0 Å². The van der Waals surface area contributed by atoms with Crippen LogP contribution in [0.3, 0.4) is 0 Å². The first-order chi connectivity index (χ1) is 13.0. The van der Waals surface area contributed by atoms with Gasteiger partial charge in [-0.1, -0.05) is 30.3 Å². The molecular weight excluding hydrogens is 364 g/mol. The van der Waals surface area contributed by atoms with Crippen LogP contribution in [0.25, 0.3) is 0 Å². The Balaban J connectivity index is 1.35. The largest absolute Gasteiger partial charge is 0.454 e. The van der Waals surface area contributed by atoms with Gasteiger partial charge in [0.15, 0.2) is 11.5 Å².